The van der Waals surface area contributed by atoms with Gasteiger partial charge in [-0.25, -0.2) is 4.39 Å². The van der Waals surface area contributed by atoms with Crippen molar-refractivity contribution < 1.29 is 17.6 Å². The number of rotatable bonds is 4. The molecular formula is C19H21F4N5. The lowest BCUT2D eigenvalue weighted by atomic mass is 10.2. The first-order valence-electron chi connectivity index (χ1n) is 8.90. The van der Waals surface area contributed by atoms with Crippen LogP contribution in [0.25, 0.3) is 0 Å². The number of pyridine rings is 1. The molecule has 2 aromatic rings. The van der Waals surface area contributed by atoms with Gasteiger partial charge < -0.3 is 15.5 Å². The molecule has 0 radical (unpaired) electrons. The first kappa shape index (κ1) is 19.9. The third kappa shape index (κ3) is 5.11. The molecule has 1 saturated heterocycles. The van der Waals surface area contributed by atoms with Crippen molar-refractivity contribution in [3.8, 4) is 0 Å². The molecule has 28 heavy (non-hydrogen) atoms. The summed E-state index contributed by atoms with van der Waals surface area (Å²) in [7, 11) is 0. The molecule has 0 spiro atoms. The fourth-order valence-electron chi connectivity index (χ4n) is 3.02. The Morgan fingerprint density at radius 2 is 1.75 bits per heavy atom. The van der Waals surface area contributed by atoms with Gasteiger partial charge in [0.2, 0.25) is 0 Å². The highest BCUT2D eigenvalue weighted by Crippen LogP contribution is 2.29. The van der Waals surface area contributed by atoms with E-state index in [2.05, 4.69) is 14.9 Å². The Bertz CT molecular complexity index is 812. The lowest BCUT2D eigenvalue weighted by Crippen LogP contribution is -2.51. The highest BCUT2D eigenvalue weighted by molar-refractivity contribution is 5.78. The van der Waals surface area contributed by atoms with E-state index in [0.29, 0.717) is 24.7 Å². The molecule has 1 aliphatic rings. The molecule has 0 bridgehead atoms. The minimum atomic E-state index is -4.38. The van der Waals surface area contributed by atoms with Crippen LogP contribution in [-0.2, 0) is 12.6 Å². The van der Waals surface area contributed by atoms with E-state index in [1.807, 2.05) is 4.90 Å². The van der Waals surface area contributed by atoms with Crippen molar-refractivity contribution in [3.63, 3.8) is 0 Å². The van der Waals surface area contributed by atoms with E-state index in [1.54, 1.807) is 12.1 Å². The first-order chi connectivity index (χ1) is 13.3. The summed E-state index contributed by atoms with van der Waals surface area (Å²) in [6.07, 6.45) is -2.95. The summed E-state index contributed by atoms with van der Waals surface area (Å²) in [4.78, 5) is 12.3. The third-order valence-corrected chi connectivity index (χ3v) is 4.58. The van der Waals surface area contributed by atoms with Crippen molar-refractivity contribution in [1.29, 1.82) is 0 Å². The van der Waals surface area contributed by atoms with Crippen molar-refractivity contribution >= 4 is 11.6 Å². The van der Waals surface area contributed by atoms with Gasteiger partial charge in [-0.2, -0.15) is 13.2 Å². The number of anilines is 1. The van der Waals surface area contributed by atoms with Crippen molar-refractivity contribution in [2.75, 3.05) is 37.6 Å². The fourth-order valence-corrected chi connectivity index (χ4v) is 3.02. The van der Waals surface area contributed by atoms with Crippen LogP contribution in [0.15, 0.2) is 47.6 Å². The molecule has 1 aromatic carbocycles. The monoisotopic (exact) mass is 395 g/mol. The van der Waals surface area contributed by atoms with Gasteiger partial charge in [-0.15, -0.1) is 0 Å². The molecular weight excluding hydrogens is 374 g/mol. The van der Waals surface area contributed by atoms with Gasteiger partial charge in [-0.1, -0.05) is 0 Å². The Balaban J connectivity index is 1.50. The number of aliphatic imine (C=N–C) groups is 1. The topological polar surface area (TPSA) is 57.8 Å². The van der Waals surface area contributed by atoms with Crippen LogP contribution in [0.4, 0.5) is 23.2 Å². The normalized spacial score (nSPS) is 15.8. The van der Waals surface area contributed by atoms with Crippen molar-refractivity contribution in [3.05, 3.63) is 59.7 Å². The number of nitrogens with two attached hydrogens (primary N) is 1. The fraction of sp³-hybridized carbons (Fsp3) is 0.368. The van der Waals surface area contributed by atoms with Crippen LogP contribution in [0.2, 0.25) is 0 Å². The van der Waals surface area contributed by atoms with Crippen LogP contribution in [0.1, 0.15) is 11.3 Å². The minimum Gasteiger partial charge on any atom is -0.370 e. The molecule has 1 aliphatic heterocycles. The zero-order chi connectivity index (χ0) is 20.1. The quantitative estimate of drug-likeness (QED) is 0.491. The second kappa shape index (κ2) is 8.45. The molecule has 3 rings (SSSR count). The van der Waals surface area contributed by atoms with Gasteiger partial charge in [0.1, 0.15) is 5.82 Å². The molecule has 2 N–H and O–H groups in total. The summed E-state index contributed by atoms with van der Waals surface area (Å²) in [5.74, 6) is 0.0970. The van der Waals surface area contributed by atoms with E-state index in [0.717, 1.165) is 37.1 Å². The number of benzene rings is 1. The zero-order valence-corrected chi connectivity index (χ0v) is 15.2. The molecule has 9 heteroatoms. The summed E-state index contributed by atoms with van der Waals surface area (Å²) in [5.41, 5.74) is 6.58. The predicted octanol–water partition coefficient (Wildman–Crippen LogP) is 2.92. The average Bonchev–Trinajstić information content (AvgIpc) is 2.68. The van der Waals surface area contributed by atoms with E-state index in [1.165, 1.54) is 12.1 Å². The second-order valence-electron chi connectivity index (χ2n) is 6.47. The summed E-state index contributed by atoms with van der Waals surface area (Å²) in [6.45, 7) is 3.02. The Kier molecular flexibility index (Phi) is 6.01. The van der Waals surface area contributed by atoms with Gasteiger partial charge in [-0.05, 0) is 36.4 Å². The Morgan fingerprint density at radius 1 is 1.07 bits per heavy atom. The maximum atomic E-state index is 13.0. The number of piperazine rings is 1. The van der Waals surface area contributed by atoms with Gasteiger partial charge in [0.15, 0.2) is 5.96 Å². The number of hydrogen-bond acceptors (Lipinski definition) is 3. The van der Waals surface area contributed by atoms with E-state index in [-0.39, 0.29) is 18.8 Å². The lowest BCUT2D eigenvalue weighted by molar-refractivity contribution is -0.137. The number of hydrogen-bond donors (Lipinski definition) is 1. The molecule has 1 fully saturated rings. The number of halogens is 4. The lowest BCUT2D eigenvalue weighted by Gasteiger charge is -2.36. The van der Waals surface area contributed by atoms with Crippen LogP contribution >= 0.6 is 0 Å². The maximum Gasteiger partial charge on any atom is 0.416 e. The molecule has 0 unspecified atom stereocenters. The van der Waals surface area contributed by atoms with Crippen molar-refractivity contribution in [2.24, 2.45) is 10.7 Å². The molecule has 0 amide bonds. The van der Waals surface area contributed by atoms with Gasteiger partial charge in [0, 0.05) is 56.7 Å². The Hall–Kier alpha value is -2.84. The van der Waals surface area contributed by atoms with Crippen LogP contribution < -0.4 is 10.6 Å². The molecule has 0 saturated carbocycles. The average molecular weight is 395 g/mol. The molecule has 0 atom stereocenters. The van der Waals surface area contributed by atoms with Crippen LogP contribution in [-0.4, -0.2) is 48.6 Å². The van der Waals surface area contributed by atoms with Crippen molar-refractivity contribution in [1.82, 2.24) is 9.88 Å². The Labute approximate surface area is 160 Å². The summed E-state index contributed by atoms with van der Waals surface area (Å²) in [5, 5.41) is 0. The third-order valence-electron chi connectivity index (χ3n) is 4.58. The SMILES string of the molecule is NC(=NCCc1cc(C(F)(F)F)ccn1)N1CCN(c2ccc(F)cc2)CC1. The molecule has 5 nitrogen and oxygen atoms in total. The maximum absolute atomic E-state index is 13.0. The largest absolute Gasteiger partial charge is 0.416 e. The van der Waals surface area contributed by atoms with E-state index >= 15 is 0 Å². The van der Waals surface area contributed by atoms with Crippen LogP contribution in [0.5, 0.6) is 0 Å². The molecule has 0 aliphatic carbocycles. The molecule has 1 aromatic heterocycles. The second-order valence-corrected chi connectivity index (χ2v) is 6.47. The number of aromatic nitrogens is 1. The number of alkyl halides is 3. The highest BCUT2D eigenvalue weighted by atomic mass is 19.4. The first-order valence-corrected chi connectivity index (χ1v) is 8.90. The minimum absolute atomic E-state index is 0.262. The number of guanidine groups is 1. The van der Waals surface area contributed by atoms with E-state index in [9.17, 15) is 17.6 Å². The van der Waals surface area contributed by atoms with E-state index < -0.39 is 11.7 Å². The van der Waals surface area contributed by atoms with E-state index in [4.69, 9.17) is 5.73 Å². The molecule has 2 heterocycles. The summed E-state index contributed by atoms with van der Waals surface area (Å²) >= 11 is 0. The van der Waals surface area contributed by atoms with Gasteiger partial charge in [0.05, 0.1) is 5.56 Å². The van der Waals surface area contributed by atoms with Crippen LogP contribution in [0, 0.1) is 5.82 Å². The summed E-state index contributed by atoms with van der Waals surface area (Å²) < 4.78 is 51.2. The highest BCUT2D eigenvalue weighted by Gasteiger charge is 2.30. The zero-order valence-electron chi connectivity index (χ0n) is 15.2. The van der Waals surface area contributed by atoms with Gasteiger partial charge in [-0.3, -0.25) is 9.98 Å². The standard InChI is InChI=1S/C19H21F4N5/c20-15-1-3-17(4-2-15)27-9-11-28(12-10-27)18(24)26-8-6-16-13-14(5-7-25-16)19(21,22)23/h1-5,7,13H,6,8-12H2,(H2,24,26). The smallest absolute Gasteiger partial charge is 0.370 e. The molecule has 150 valence electrons. The van der Waals surface area contributed by atoms with Crippen molar-refractivity contribution in [2.45, 2.75) is 12.6 Å². The summed E-state index contributed by atoms with van der Waals surface area (Å²) in [6, 6.07) is 8.32. The number of nitrogens with zero attached hydrogens (tertiary/aromatic N) is 4. The van der Waals surface area contributed by atoms with Crippen LogP contribution in [0.3, 0.4) is 0 Å². The van der Waals surface area contributed by atoms with Gasteiger partial charge in [0.25, 0.3) is 0 Å². The predicted molar refractivity (Wildman–Crippen MR) is 99.6 cm³/mol. The van der Waals surface area contributed by atoms with Gasteiger partial charge >= 0.3 is 6.18 Å². The Morgan fingerprint density at radius 3 is 2.39 bits per heavy atom.